The fourth-order valence-corrected chi connectivity index (χ4v) is 6.22. The molecule has 0 spiro atoms. The number of rotatable bonds is 10. The number of nitrogens with one attached hydrogen (secondary N) is 1. The van der Waals surface area contributed by atoms with E-state index in [2.05, 4.69) is 41.1 Å². The molecule has 3 N–H and O–H groups in total. The third kappa shape index (κ3) is 6.56. The first kappa shape index (κ1) is 27.7. The number of hydrogen-bond donors (Lipinski definition) is 3. The third-order valence-corrected chi connectivity index (χ3v) is 8.68. The first-order valence-electron chi connectivity index (χ1n) is 12.5. The van der Waals surface area contributed by atoms with E-state index in [-0.39, 0.29) is 5.91 Å². The van der Waals surface area contributed by atoms with E-state index in [1.54, 1.807) is 7.11 Å². The van der Waals surface area contributed by atoms with Gasteiger partial charge in [-0.25, -0.2) is 5.48 Å². The number of methoxy groups -OCH3 is 1. The number of aliphatic hydroxyl groups is 1. The van der Waals surface area contributed by atoms with Crippen LogP contribution >= 0.6 is 23.4 Å². The summed E-state index contributed by atoms with van der Waals surface area (Å²) in [7, 11) is 1.58. The average Bonchev–Trinajstić information content (AvgIpc) is 2.92. The van der Waals surface area contributed by atoms with Crippen LogP contribution in [-0.2, 0) is 4.79 Å². The summed E-state index contributed by atoms with van der Waals surface area (Å²) in [5.74, 6) is 1.23. The number of piperidine rings is 1. The van der Waals surface area contributed by atoms with Gasteiger partial charge in [-0.2, -0.15) is 0 Å². The number of nitrogens with zero attached hydrogens (tertiary/aromatic N) is 2. The highest BCUT2D eigenvalue weighted by molar-refractivity contribution is 7.99. The van der Waals surface area contributed by atoms with Gasteiger partial charge in [-0.3, -0.25) is 15.0 Å². The van der Waals surface area contributed by atoms with Crippen LogP contribution in [0.2, 0.25) is 5.02 Å². The highest BCUT2D eigenvalue weighted by atomic mass is 35.5. The van der Waals surface area contributed by atoms with Gasteiger partial charge in [0, 0.05) is 34.3 Å². The van der Waals surface area contributed by atoms with Crippen LogP contribution < -0.4 is 10.2 Å². The van der Waals surface area contributed by atoms with Crippen molar-refractivity contribution in [1.82, 2.24) is 15.4 Å². The number of amides is 1. The predicted molar refractivity (Wildman–Crippen MR) is 147 cm³/mol. The van der Waals surface area contributed by atoms with Crippen LogP contribution in [0.1, 0.15) is 42.9 Å². The fourth-order valence-electron chi connectivity index (χ4n) is 5.03. The van der Waals surface area contributed by atoms with E-state index in [9.17, 15) is 15.1 Å². The van der Waals surface area contributed by atoms with E-state index in [4.69, 9.17) is 16.3 Å². The van der Waals surface area contributed by atoms with Crippen LogP contribution in [0, 0.1) is 12.3 Å². The van der Waals surface area contributed by atoms with Crippen molar-refractivity contribution < 1.29 is 19.8 Å². The average molecular weight is 544 g/mol. The second-order valence-electron chi connectivity index (χ2n) is 9.68. The standard InChI is InChI=1S/C28H34ClN3O4S/c1-19-3-6-21(7-4-19)37-16-15-32-13-11-28(12-14-32,27(34)31-35)10-9-25(33)26-22-17-20(36-2)5-8-24(22)30-18-23(26)29/h3-8,17-18,25,33,35H,9-16H2,1-2H3,(H,31,34). The molecule has 0 bridgehead atoms. The van der Waals surface area contributed by atoms with Gasteiger partial charge in [-0.15, -0.1) is 11.8 Å². The van der Waals surface area contributed by atoms with Gasteiger partial charge in [0.25, 0.3) is 0 Å². The van der Waals surface area contributed by atoms with Crippen molar-refractivity contribution in [3.63, 3.8) is 0 Å². The topological polar surface area (TPSA) is 94.9 Å². The molecule has 1 saturated heterocycles. The van der Waals surface area contributed by atoms with Gasteiger partial charge in [-0.1, -0.05) is 29.3 Å². The first-order valence-corrected chi connectivity index (χ1v) is 13.9. The number of aliphatic hydroxyl groups excluding tert-OH is 1. The maximum absolute atomic E-state index is 12.8. The van der Waals surface area contributed by atoms with Gasteiger partial charge in [-0.05, 0) is 76.0 Å². The number of hydroxylamine groups is 1. The minimum absolute atomic E-state index is 0.326. The lowest BCUT2D eigenvalue weighted by atomic mass is 9.73. The van der Waals surface area contributed by atoms with E-state index in [1.807, 2.05) is 35.4 Å². The molecule has 3 aromatic rings. The number of carbonyl (C=O) groups excluding carboxylic acids is 1. The van der Waals surface area contributed by atoms with Gasteiger partial charge in [0.05, 0.1) is 29.2 Å². The number of fused-ring (bicyclic) bond motifs is 1. The zero-order chi connectivity index (χ0) is 26.4. The Morgan fingerprint density at radius 3 is 2.65 bits per heavy atom. The first-order chi connectivity index (χ1) is 17.8. The minimum atomic E-state index is -0.891. The number of hydrogen-bond acceptors (Lipinski definition) is 7. The molecular weight excluding hydrogens is 510 g/mol. The van der Waals surface area contributed by atoms with Crippen molar-refractivity contribution >= 4 is 40.2 Å². The van der Waals surface area contributed by atoms with Gasteiger partial charge in [0.2, 0.25) is 5.91 Å². The van der Waals surface area contributed by atoms with Crippen LogP contribution in [0.25, 0.3) is 10.9 Å². The van der Waals surface area contributed by atoms with Crippen molar-refractivity contribution in [2.75, 3.05) is 32.5 Å². The largest absolute Gasteiger partial charge is 0.497 e. The third-order valence-electron chi connectivity index (χ3n) is 7.39. The molecule has 2 aromatic carbocycles. The molecule has 7 nitrogen and oxygen atoms in total. The number of halogens is 1. The lowest BCUT2D eigenvalue weighted by molar-refractivity contribution is -0.143. The summed E-state index contributed by atoms with van der Waals surface area (Å²) in [6.45, 7) is 4.53. The Morgan fingerprint density at radius 1 is 1.24 bits per heavy atom. The Hall–Kier alpha value is -2.36. The van der Waals surface area contributed by atoms with Crippen molar-refractivity contribution in [3.05, 3.63) is 64.8 Å². The van der Waals surface area contributed by atoms with E-state index < -0.39 is 11.5 Å². The molecule has 1 aliphatic rings. The van der Waals surface area contributed by atoms with E-state index >= 15 is 0 Å². The van der Waals surface area contributed by atoms with Gasteiger partial charge < -0.3 is 14.7 Å². The number of aromatic nitrogens is 1. The maximum Gasteiger partial charge on any atom is 0.249 e. The fraction of sp³-hybridized carbons (Fsp3) is 0.429. The van der Waals surface area contributed by atoms with E-state index in [1.165, 1.54) is 16.7 Å². The molecule has 1 aliphatic heterocycles. The molecule has 4 rings (SSSR count). The predicted octanol–water partition coefficient (Wildman–Crippen LogP) is 5.40. The molecular formula is C28H34ClN3O4S. The van der Waals surface area contributed by atoms with Crippen molar-refractivity contribution in [1.29, 1.82) is 0 Å². The smallest absolute Gasteiger partial charge is 0.249 e. The summed E-state index contributed by atoms with van der Waals surface area (Å²) in [4.78, 5) is 20.8. The molecule has 37 heavy (non-hydrogen) atoms. The number of ether oxygens (including phenoxy) is 1. The quantitative estimate of drug-likeness (QED) is 0.179. The van der Waals surface area contributed by atoms with Gasteiger partial charge in [0.15, 0.2) is 0 Å². The van der Waals surface area contributed by atoms with Crippen LogP contribution in [0.3, 0.4) is 0 Å². The molecule has 9 heteroatoms. The summed E-state index contributed by atoms with van der Waals surface area (Å²) in [6.07, 6.45) is 2.62. The van der Waals surface area contributed by atoms with Crippen molar-refractivity contribution in [3.8, 4) is 5.75 Å². The molecule has 1 aromatic heterocycles. The number of aryl methyl sites for hydroxylation is 1. The minimum Gasteiger partial charge on any atom is -0.497 e. The van der Waals surface area contributed by atoms with Crippen LogP contribution in [0.5, 0.6) is 5.75 Å². The molecule has 1 unspecified atom stereocenters. The number of pyridine rings is 1. The molecule has 0 aliphatic carbocycles. The molecule has 0 radical (unpaired) electrons. The Balaban J connectivity index is 1.39. The lowest BCUT2D eigenvalue weighted by Gasteiger charge is -2.40. The second-order valence-corrected chi connectivity index (χ2v) is 11.3. The Bertz CT molecular complexity index is 1220. The highest BCUT2D eigenvalue weighted by Gasteiger charge is 2.41. The summed E-state index contributed by atoms with van der Waals surface area (Å²) in [5.41, 5.74) is 3.68. The van der Waals surface area contributed by atoms with Crippen LogP contribution in [-0.4, -0.2) is 58.6 Å². The Kier molecular flexibility index (Phi) is 9.31. The van der Waals surface area contributed by atoms with Crippen LogP contribution in [0.4, 0.5) is 0 Å². The molecule has 198 valence electrons. The SMILES string of the molecule is COc1ccc2ncc(Cl)c(C(O)CCC3(C(=O)NO)CCN(CCSc4ccc(C)cc4)CC3)c2c1. The number of likely N-dealkylation sites (tertiary alicyclic amines) is 1. The highest BCUT2D eigenvalue weighted by Crippen LogP contribution is 2.41. The van der Waals surface area contributed by atoms with E-state index in [0.29, 0.717) is 47.5 Å². The zero-order valence-corrected chi connectivity index (χ0v) is 22.8. The monoisotopic (exact) mass is 543 g/mol. The Morgan fingerprint density at radius 2 is 1.97 bits per heavy atom. The summed E-state index contributed by atoms with van der Waals surface area (Å²) in [5, 5.41) is 21.8. The molecule has 1 fully saturated rings. The van der Waals surface area contributed by atoms with Crippen molar-refractivity contribution in [2.45, 2.75) is 43.6 Å². The molecule has 2 heterocycles. The normalized spacial score (nSPS) is 16.5. The molecule has 1 atom stereocenters. The van der Waals surface area contributed by atoms with Crippen molar-refractivity contribution in [2.24, 2.45) is 5.41 Å². The number of thioether (sulfide) groups is 1. The summed E-state index contributed by atoms with van der Waals surface area (Å²) >= 11 is 8.30. The zero-order valence-electron chi connectivity index (χ0n) is 21.2. The summed E-state index contributed by atoms with van der Waals surface area (Å²) < 4.78 is 5.34. The van der Waals surface area contributed by atoms with Gasteiger partial charge >= 0.3 is 0 Å². The second kappa shape index (κ2) is 12.5. The lowest BCUT2D eigenvalue weighted by Crippen LogP contribution is -2.48. The Labute approximate surface area is 227 Å². The van der Waals surface area contributed by atoms with Crippen LogP contribution in [0.15, 0.2) is 53.6 Å². The summed E-state index contributed by atoms with van der Waals surface area (Å²) in [6, 6.07) is 14.0. The molecule has 1 amide bonds. The molecule has 0 saturated carbocycles. The number of carbonyl (C=O) groups is 1. The maximum atomic E-state index is 12.8. The van der Waals surface area contributed by atoms with Gasteiger partial charge in [0.1, 0.15) is 5.75 Å². The van der Waals surface area contributed by atoms with E-state index in [0.717, 1.165) is 30.8 Å². The number of benzene rings is 2.